The van der Waals surface area contributed by atoms with E-state index in [-0.39, 0.29) is 0 Å². The Kier molecular flexibility index (Phi) is 6.28. The second-order valence-electron chi connectivity index (χ2n) is 10.7. The summed E-state index contributed by atoms with van der Waals surface area (Å²) in [7, 11) is 0. The second-order valence-corrected chi connectivity index (χ2v) is 11.1. The van der Waals surface area contributed by atoms with Gasteiger partial charge in [0, 0.05) is 67.5 Å². The van der Waals surface area contributed by atoms with Crippen LogP contribution >= 0.6 is 11.6 Å². The molecule has 0 aliphatic carbocycles. The quantitative estimate of drug-likeness (QED) is 0.321. The third-order valence-corrected chi connectivity index (χ3v) is 7.86. The zero-order valence-electron chi connectivity index (χ0n) is 22.4. The number of rotatable bonds is 7. The molecule has 3 aliphatic rings. The molecule has 40 heavy (non-hydrogen) atoms. The predicted octanol–water partition coefficient (Wildman–Crippen LogP) is 4.17. The maximum atomic E-state index is 5.99. The smallest absolute Gasteiger partial charge is 0.161 e. The van der Waals surface area contributed by atoms with Crippen molar-refractivity contribution in [2.45, 2.75) is 45.3 Å². The Bertz CT molecular complexity index is 1630. The molecule has 2 unspecified atom stereocenters. The van der Waals surface area contributed by atoms with Crippen LogP contribution in [0.15, 0.2) is 61.2 Å². The van der Waals surface area contributed by atoms with Gasteiger partial charge in [-0.15, -0.1) is 0 Å². The topological polar surface area (TPSA) is 105 Å². The van der Waals surface area contributed by atoms with Crippen LogP contribution in [0, 0.1) is 13.8 Å². The molecule has 0 amide bonds. The molecule has 0 saturated carbocycles. The minimum absolute atomic E-state index is 0.512. The summed E-state index contributed by atoms with van der Waals surface area (Å²) in [5.74, 6) is 2.46. The van der Waals surface area contributed by atoms with Crippen molar-refractivity contribution in [1.29, 1.82) is 0 Å². The van der Waals surface area contributed by atoms with Gasteiger partial charge in [-0.3, -0.25) is 10.00 Å². The van der Waals surface area contributed by atoms with E-state index in [0.717, 1.165) is 59.6 Å². The van der Waals surface area contributed by atoms with Gasteiger partial charge in [-0.05, 0) is 56.2 Å². The molecule has 3 saturated heterocycles. The number of aromatic nitrogens is 8. The van der Waals surface area contributed by atoms with E-state index in [1.807, 2.05) is 44.4 Å². The van der Waals surface area contributed by atoms with Crippen LogP contribution in [-0.2, 0) is 13.0 Å². The van der Waals surface area contributed by atoms with Crippen LogP contribution in [0.2, 0.25) is 5.02 Å². The van der Waals surface area contributed by atoms with Gasteiger partial charge in [0.2, 0.25) is 0 Å². The first kappa shape index (κ1) is 24.9. The molecule has 8 heterocycles. The number of piperazine rings is 1. The Morgan fingerprint density at radius 1 is 0.925 bits per heavy atom. The highest BCUT2D eigenvalue weighted by Gasteiger charge is 2.44. The lowest BCUT2D eigenvalue weighted by atomic mass is 9.87. The van der Waals surface area contributed by atoms with E-state index in [2.05, 4.69) is 53.3 Å². The van der Waals surface area contributed by atoms with Crippen LogP contribution in [0.3, 0.4) is 0 Å². The minimum atomic E-state index is 0.512. The van der Waals surface area contributed by atoms with Crippen LogP contribution in [0.5, 0.6) is 0 Å². The summed E-state index contributed by atoms with van der Waals surface area (Å²) in [6.07, 6.45) is 9.09. The monoisotopic (exact) mass is 552 g/mol. The fourth-order valence-corrected chi connectivity index (χ4v) is 5.86. The SMILES string of the molecule is Cc1cc(Cc2cc(C)[nH]n2)nc(-c2ccc(N3CC4CC(C3)N4Cc3ccc(-n4cc(Cl)cn4)nc3)nc2)n1. The molecule has 8 rings (SSSR count). The highest BCUT2D eigenvalue weighted by Crippen LogP contribution is 2.35. The number of H-pyrrole nitrogens is 1. The van der Waals surface area contributed by atoms with E-state index in [1.165, 1.54) is 12.0 Å². The highest BCUT2D eigenvalue weighted by atomic mass is 35.5. The van der Waals surface area contributed by atoms with Gasteiger partial charge in [0.05, 0.1) is 28.8 Å². The Hall–Kier alpha value is -4.15. The summed E-state index contributed by atoms with van der Waals surface area (Å²) in [5.41, 5.74) is 6.02. The molecule has 3 aliphatic heterocycles. The van der Waals surface area contributed by atoms with Crippen molar-refractivity contribution in [3.05, 3.63) is 94.5 Å². The van der Waals surface area contributed by atoms with E-state index in [1.54, 1.807) is 17.1 Å². The minimum Gasteiger partial charge on any atom is -0.353 e. The van der Waals surface area contributed by atoms with E-state index in [9.17, 15) is 0 Å². The molecule has 0 spiro atoms. The van der Waals surface area contributed by atoms with Crippen LogP contribution < -0.4 is 4.90 Å². The van der Waals surface area contributed by atoms with Crippen LogP contribution in [-0.4, -0.2) is 70.0 Å². The van der Waals surface area contributed by atoms with Gasteiger partial charge < -0.3 is 4.90 Å². The Balaban J connectivity index is 0.991. The average Bonchev–Trinajstić information content (AvgIpc) is 3.59. The molecule has 0 aromatic carbocycles. The lowest BCUT2D eigenvalue weighted by Crippen LogP contribution is -2.68. The molecule has 5 aromatic rings. The van der Waals surface area contributed by atoms with Crippen molar-refractivity contribution in [1.82, 2.24) is 44.8 Å². The number of halogens is 1. The Labute approximate surface area is 237 Å². The van der Waals surface area contributed by atoms with Crippen molar-refractivity contribution in [3.63, 3.8) is 0 Å². The summed E-state index contributed by atoms with van der Waals surface area (Å²) in [6.45, 7) is 6.83. The van der Waals surface area contributed by atoms with E-state index in [0.29, 0.717) is 29.4 Å². The van der Waals surface area contributed by atoms with Gasteiger partial charge in [0.25, 0.3) is 0 Å². The number of pyridine rings is 2. The van der Waals surface area contributed by atoms with Gasteiger partial charge in [0.15, 0.2) is 11.6 Å². The normalized spacial score (nSPS) is 18.6. The molecule has 3 fully saturated rings. The highest BCUT2D eigenvalue weighted by molar-refractivity contribution is 6.30. The van der Waals surface area contributed by atoms with E-state index < -0.39 is 0 Å². The molecule has 10 nitrogen and oxygen atoms in total. The molecule has 1 N–H and O–H groups in total. The largest absolute Gasteiger partial charge is 0.353 e. The van der Waals surface area contributed by atoms with Crippen LogP contribution in [0.4, 0.5) is 5.82 Å². The van der Waals surface area contributed by atoms with Gasteiger partial charge in [-0.25, -0.2) is 24.6 Å². The summed E-state index contributed by atoms with van der Waals surface area (Å²) in [4.78, 5) is 23.8. The maximum Gasteiger partial charge on any atom is 0.161 e. The Morgan fingerprint density at radius 3 is 2.42 bits per heavy atom. The molecule has 0 radical (unpaired) electrons. The maximum absolute atomic E-state index is 5.99. The van der Waals surface area contributed by atoms with E-state index in [4.69, 9.17) is 21.6 Å². The number of fused-ring (bicyclic) bond motifs is 2. The number of piperidine rings is 1. The molecular formula is C29H29ClN10. The summed E-state index contributed by atoms with van der Waals surface area (Å²) < 4.78 is 1.69. The third kappa shape index (κ3) is 4.96. The molecule has 202 valence electrons. The second kappa shape index (κ2) is 10.1. The first-order valence-corrected chi connectivity index (χ1v) is 13.8. The van der Waals surface area contributed by atoms with Crippen molar-refractivity contribution in [3.8, 4) is 17.2 Å². The van der Waals surface area contributed by atoms with Gasteiger partial charge >= 0.3 is 0 Å². The lowest BCUT2D eigenvalue weighted by molar-refractivity contribution is -0.00875. The lowest BCUT2D eigenvalue weighted by Gasteiger charge is -2.56. The molecule has 11 heteroatoms. The van der Waals surface area contributed by atoms with Gasteiger partial charge in [-0.1, -0.05) is 17.7 Å². The number of hydrogen-bond donors (Lipinski definition) is 1. The van der Waals surface area contributed by atoms with Crippen molar-refractivity contribution >= 4 is 17.4 Å². The summed E-state index contributed by atoms with van der Waals surface area (Å²) in [6, 6.07) is 13.4. The fourth-order valence-electron chi connectivity index (χ4n) is 5.72. The predicted molar refractivity (Wildman–Crippen MR) is 152 cm³/mol. The number of aromatic amines is 1. The molecule has 5 aromatic heterocycles. The van der Waals surface area contributed by atoms with Crippen molar-refractivity contribution < 1.29 is 0 Å². The van der Waals surface area contributed by atoms with Gasteiger partial charge in [0.1, 0.15) is 5.82 Å². The fraction of sp³-hybridized carbons (Fsp3) is 0.310. The summed E-state index contributed by atoms with van der Waals surface area (Å²) >= 11 is 5.99. The number of hydrogen-bond acceptors (Lipinski definition) is 8. The third-order valence-electron chi connectivity index (χ3n) is 7.66. The standard InChI is InChI=1S/C29H29ClN10/c1-18-7-23(9-24-8-19(2)36-37-24)35-29(34-18)21-4-6-27(32-12-21)38-16-25-10-26(17-38)39(25)14-20-3-5-28(31-11-20)40-15-22(30)13-33-40/h3-8,11-13,15,25-26H,9-10,14,16-17H2,1-2H3,(H,36,37). The summed E-state index contributed by atoms with van der Waals surface area (Å²) in [5, 5.41) is 12.2. The van der Waals surface area contributed by atoms with Crippen molar-refractivity contribution in [2.75, 3.05) is 18.0 Å². The zero-order valence-corrected chi connectivity index (χ0v) is 23.1. The number of anilines is 1. The zero-order chi connectivity index (χ0) is 27.2. The van der Waals surface area contributed by atoms with Gasteiger partial charge in [-0.2, -0.15) is 10.2 Å². The molecule has 2 atom stereocenters. The van der Waals surface area contributed by atoms with E-state index >= 15 is 0 Å². The van der Waals surface area contributed by atoms with Crippen LogP contribution in [0.1, 0.15) is 34.8 Å². The van der Waals surface area contributed by atoms with Crippen molar-refractivity contribution in [2.24, 2.45) is 0 Å². The first-order chi connectivity index (χ1) is 19.5. The first-order valence-electron chi connectivity index (χ1n) is 13.4. The molecular weight excluding hydrogens is 524 g/mol. The average molecular weight is 553 g/mol. The Morgan fingerprint density at radius 2 is 1.75 bits per heavy atom. The molecule has 2 bridgehead atoms. The van der Waals surface area contributed by atoms with Crippen LogP contribution in [0.25, 0.3) is 17.2 Å². The number of nitrogens with one attached hydrogen (secondary N) is 1. The number of nitrogens with zero attached hydrogens (tertiary/aromatic N) is 9. The number of aryl methyl sites for hydroxylation is 2.